The molecule has 0 aliphatic rings. The molecular formula is C13H16N4O3S. The summed E-state index contributed by atoms with van der Waals surface area (Å²) in [5.41, 5.74) is 1.17. The molecule has 2 aromatic rings. The van der Waals surface area contributed by atoms with E-state index in [2.05, 4.69) is 15.1 Å². The lowest BCUT2D eigenvalue weighted by molar-refractivity contribution is 0.102. The van der Waals surface area contributed by atoms with Crippen molar-refractivity contribution in [1.29, 1.82) is 0 Å². The van der Waals surface area contributed by atoms with Gasteiger partial charge in [0, 0.05) is 18.4 Å². The normalized spacial score (nSPS) is 11.1. The largest absolute Gasteiger partial charge is 0.321 e. The third kappa shape index (κ3) is 4.32. The molecule has 0 spiro atoms. The maximum Gasteiger partial charge on any atom is 0.276 e. The van der Waals surface area contributed by atoms with E-state index in [9.17, 15) is 13.2 Å². The summed E-state index contributed by atoms with van der Waals surface area (Å²) in [4.78, 5) is 12.0. The fourth-order valence-corrected chi connectivity index (χ4v) is 2.28. The number of rotatable bonds is 5. The third-order valence-electron chi connectivity index (χ3n) is 2.62. The van der Waals surface area contributed by atoms with E-state index in [0.717, 1.165) is 6.26 Å². The zero-order valence-electron chi connectivity index (χ0n) is 11.7. The highest BCUT2D eigenvalue weighted by Gasteiger charge is 2.10. The summed E-state index contributed by atoms with van der Waals surface area (Å²) in [6.07, 6.45) is 2.78. The number of anilines is 2. The maximum absolute atomic E-state index is 12.0. The van der Waals surface area contributed by atoms with Crippen molar-refractivity contribution in [2.45, 2.75) is 13.5 Å². The van der Waals surface area contributed by atoms with Crippen molar-refractivity contribution in [3.8, 4) is 0 Å². The number of sulfonamides is 1. The molecule has 0 saturated heterocycles. The molecule has 0 aliphatic carbocycles. The Balaban J connectivity index is 2.12. The molecule has 0 radical (unpaired) electrons. The summed E-state index contributed by atoms with van der Waals surface area (Å²) in [5, 5.41) is 6.77. The molecule has 2 N–H and O–H groups in total. The zero-order valence-corrected chi connectivity index (χ0v) is 12.5. The van der Waals surface area contributed by atoms with Gasteiger partial charge in [0.2, 0.25) is 10.0 Å². The van der Waals surface area contributed by atoms with Crippen molar-refractivity contribution in [2.75, 3.05) is 16.3 Å². The van der Waals surface area contributed by atoms with Crippen molar-refractivity contribution in [1.82, 2.24) is 9.78 Å². The second kappa shape index (κ2) is 5.96. The average molecular weight is 308 g/mol. The molecule has 0 unspecified atom stereocenters. The summed E-state index contributed by atoms with van der Waals surface area (Å²) in [5.74, 6) is -0.348. The molecule has 0 fully saturated rings. The van der Waals surface area contributed by atoms with E-state index < -0.39 is 10.0 Å². The Bertz CT molecular complexity index is 752. The number of carbonyl (C=O) groups is 1. The van der Waals surface area contributed by atoms with Crippen LogP contribution in [0.15, 0.2) is 36.5 Å². The first kappa shape index (κ1) is 15.0. The van der Waals surface area contributed by atoms with Crippen LogP contribution < -0.4 is 10.0 Å². The molecule has 112 valence electrons. The number of hydrogen-bond donors (Lipinski definition) is 2. The van der Waals surface area contributed by atoms with Crippen LogP contribution in [0.3, 0.4) is 0 Å². The fourth-order valence-electron chi connectivity index (χ4n) is 1.73. The monoisotopic (exact) mass is 308 g/mol. The predicted octanol–water partition coefficient (Wildman–Crippen LogP) is 1.53. The van der Waals surface area contributed by atoms with Gasteiger partial charge in [-0.1, -0.05) is 6.07 Å². The summed E-state index contributed by atoms with van der Waals surface area (Å²) < 4.78 is 26.4. The van der Waals surface area contributed by atoms with Gasteiger partial charge in [0.15, 0.2) is 5.69 Å². The topological polar surface area (TPSA) is 93.1 Å². The molecule has 1 heterocycles. The predicted molar refractivity (Wildman–Crippen MR) is 80.8 cm³/mol. The van der Waals surface area contributed by atoms with Gasteiger partial charge < -0.3 is 5.32 Å². The highest BCUT2D eigenvalue weighted by Crippen LogP contribution is 2.16. The van der Waals surface area contributed by atoms with Crippen LogP contribution in [0.25, 0.3) is 0 Å². The third-order valence-corrected chi connectivity index (χ3v) is 3.23. The summed E-state index contributed by atoms with van der Waals surface area (Å²) in [6.45, 7) is 2.61. The van der Waals surface area contributed by atoms with Crippen molar-refractivity contribution in [3.05, 3.63) is 42.2 Å². The van der Waals surface area contributed by atoms with E-state index in [1.165, 1.54) is 6.07 Å². The molecule has 0 atom stereocenters. The van der Waals surface area contributed by atoms with Gasteiger partial charge in [0.05, 0.1) is 11.9 Å². The van der Waals surface area contributed by atoms with Gasteiger partial charge in [0.25, 0.3) is 5.91 Å². The molecular weight excluding hydrogens is 292 g/mol. The van der Waals surface area contributed by atoms with E-state index >= 15 is 0 Å². The van der Waals surface area contributed by atoms with Crippen molar-refractivity contribution in [2.24, 2.45) is 0 Å². The van der Waals surface area contributed by atoms with Crippen LogP contribution in [-0.4, -0.2) is 30.4 Å². The molecule has 0 saturated carbocycles. The van der Waals surface area contributed by atoms with Crippen molar-refractivity contribution in [3.63, 3.8) is 0 Å². The Morgan fingerprint density at radius 1 is 1.29 bits per heavy atom. The lowest BCUT2D eigenvalue weighted by atomic mass is 10.2. The van der Waals surface area contributed by atoms with Crippen molar-refractivity contribution < 1.29 is 13.2 Å². The van der Waals surface area contributed by atoms with E-state index in [-0.39, 0.29) is 5.91 Å². The molecule has 2 rings (SSSR count). The molecule has 1 amide bonds. The molecule has 1 aromatic carbocycles. The number of hydrogen-bond acceptors (Lipinski definition) is 4. The Morgan fingerprint density at radius 3 is 2.62 bits per heavy atom. The second-order valence-electron chi connectivity index (χ2n) is 4.47. The van der Waals surface area contributed by atoms with Gasteiger partial charge in [0.1, 0.15) is 0 Å². The van der Waals surface area contributed by atoms with E-state index in [1.807, 2.05) is 6.92 Å². The Labute approximate surface area is 123 Å². The van der Waals surface area contributed by atoms with Crippen LogP contribution in [0.5, 0.6) is 0 Å². The summed E-state index contributed by atoms with van der Waals surface area (Å²) >= 11 is 0. The minimum absolute atomic E-state index is 0.304. The number of nitrogens with one attached hydrogen (secondary N) is 2. The number of amides is 1. The van der Waals surface area contributed by atoms with Gasteiger partial charge in [-0.05, 0) is 31.2 Å². The average Bonchev–Trinajstić information content (AvgIpc) is 2.85. The minimum atomic E-state index is -3.35. The lowest BCUT2D eigenvalue weighted by Gasteiger charge is -2.07. The molecule has 1 aromatic heterocycles. The van der Waals surface area contributed by atoms with Gasteiger partial charge in [-0.15, -0.1) is 0 Å². The Morgan fingerprint density at radius 2 is 2.00 bits per heavy atom. The van der Waals surface area contributed by atoms with Gasteiger partial charge >= 0.3 is 0 Å². The second-order valence-corrected chi connectivity index (χ2v) is 6.21. The Kier molecular flexibility index (Phi) is 4.27. The smallest absolute Gasteiger partial charge is 0.276 e. The number of aromatic nitrogens is 2. The minimum Gasteiger partial charge on any atom is -0.321 e. The standard InChI is InChI=1S/C13H16N4O3S/c1-3-17-8-7-12(15-17)13(18)14-10-5-4-6-11(9-10)16-21(2,19)20/h4-9,16H,3H2,1-2H3,(H,14,18). The summed E-state index contributed by atoms with van der Waals surface area (Å²) in [7, 11) is -3.35. The van der Waals surface area contributed by atoms with E-state index in [4.69, 9.17) is 0 Å². The van der Waals surface area contributed by atoms with Crippen LogP contribution in [0.4, 0.5) is 11.4 Å². The summed E-state index contributed by atoms with van der Waals surface area (Å²) in [6, 6.07) is 8.08. The SMILES string of the molecule is CCn1ccc(C(=O)Nc2cccc(NS(C)(=O)=O)c2)n1. The zero-order chi connectivity index (χ0) is 15.5. The molecule has 21 heavy (non-hydrogen) atoms. The highest BCUT2D eigenvalue weighted by molar-refractivity contribution is 7.92. The van der Waals surface area contributed by atoms with Gasteiger partial charge in [-0.25, -0.2) is 8.42 Å². The first-order valence-corrected chi connectivity index (χ1v) is 8.19. The number of benzene rings is 1. The first-order chi connectivity index (χ1) is 9.87. The first-order valence-electron chi connectivity index (χ1n) is 6.30. The van der Waals surface area contributed by atoms with Gasteiger partial charge in [-0.2, -0.15) is 5.10 Å². The quantitative estimate of drug-likeness (QED) is 0.876. The Hall–Kier alpha value is -2.35. The van der Waals surface area contributed by atoms with E-state index in [0.29, 0.717) is 23.6 Å². The number of aryl methyl sites for hydroxylation is 1. The maximum atomic E-state index is 12.0. The molecule has 8 heteroatoms. The van der Waals surface area contributed by atoms with Crippen LogP contribution >= 0.6 is 0 Å². The van der Waals surface area contributed by atoms with Crippen LogP contribution in [0.1, 0.15) is 17.4 Å². The van der Waals surface area contributed by atoms with Crippen LogP contribution in [-0.2, 0) is 16.6 Å². The fraction of sp³-hybridized carbons (Fsp3) is 0.231. The number of nitrogens with zero attached hydrogens (tertiary/aromatic N) is 2. The lowest BCUT2D eigenvalue weighted by Crippen LogP contribution is -2.14. The molecule has 0 bridgehead atoms. The molecule has 7 nitrogen and oxygen atoms in total. The van der Waals surface area contributed by atoms with Crippen LogP contribution in [0.2, 0.25) is 0 Å². The number of carbonyl (C=O) groups excluding carboxylic acids is 1. The van der Waals surface area contributed by atoms with E-state index in [1.54, 1.807) is 35.1 Å². The van der Waals surface area contributed by atoms with Crippen LogP contribution in [0, 0.1) is 0 Å². The van der Waals surface area contributed by atoms with Gasteiger partial charge in [-0.3, -0.25) is 14.2 Å². The van der Waals surface area contributed by atoms with Crippen molar-refractivity contribution >= 4 is 27.3 Å². The highest BCUT2D eigenvalue weighted by atomic mass is 32.2. The molecule has 0 aliphatic heterocycles.